The molecule has 0 aromatic carbocycles. The number of thioether (sulfide) groups is 1. The molecule has 1 fully saturated rings. The highest BCUT2D eigenvalue weighted by Gasteiger charge is 2.20. The fourth-order valence-corrected chi connectivity index (χ4v) is 3.35. The van der Waals surface area contributed by atoms with Crippen LogP contribution in [-0.4, -0.2) is 48.1 Å². The summed E-state index contributed by atoms with van der Waals surface area (Å²) in [5.41, 5.74) is 0. The number of rotatable bonds is 7. The van der Waals surface area contributed by atoms with E-state index in [0.29, 0.717) is 0 Å². The minimum atomic E-state index is 0.726. The molecule has 2 atom stereocenters. The molecular formula is C14H30N2S. The van der Waals surface area contributed by atoms with Gasteiger partial charge in [-0.3, -0.25) is 4.90 Å². The average molecular weight is 258 g/mol. The quantitative estimate of drug-likeness (QED) is 0.707. The van der Waals surface area contributed by atoms with Crippen molar-refractivity contribution in [2.24, 2.45) is 0 Å². The Bertz CT molecular complexity index is 187. The minimum Gasteiger partial charge on any atom is -0.313 e. The van der Waals surface area contributed by atoms with Gasteiger partial charge in [-0.15, -0.1) is 0 Å². The van der Waals surface area contributed by atoms with Gasteiger partial charge in [-0.25, -0.2) is 0 Å². The van der Waals surface area contributed by atoms with Gasteiger partial charge in [0.25, 0.3) is 0 Å². The van der Waals surface area contributed by atoms with Crippen LogP contribution in [0, 0.1) is 0 Å². The lowest BCUT2D eigenvalue weighted by Crippen LogP contribution is -2.41. The molecule has 1 heterocycles. The lowest BCUT2D eigenvalue weighted by atomic mass is 10.1. The van der Waals surface area contributed by atoms with Crippen LogP contribution in [0.5, 0.6) is 0 Å². The van der Waals surface area contributed by atoms with Crippen molar-refractivity contribution >= 4 is 11.8 Å². The van der Waals surface area contributed by atoms with E-state index in [1.165, 1.54) is 56.8 Å². The predicted molar refractivity (Wildman–Crippen MR) is 80.0 cm³/mol. The Morgan fingerprint density at radius 2 is 2.24 bits per heavy atom. The zero-order valence-corrected chi connectivity index (χ0v) is 12.7. The van der Waals surface area contributed by atoms with E-state index in [9.17, 15) is 0 Å². The third-order valence-electron chi connectivity index (χ3n) is 3.65. The van der Waals surface area contributed by atoms with Gasteiger partial charge in [0.05, 0.1) is 0 Å². The molecule has 0 aliphatic carbocycles. The lowest BCUT2D eigenvalue weighted by molar-refractivity contribution is 0.198. The van der Waals surface area contributed by atoms with Crippen molar-refractivity contribution in [2.45, 2.75) is 58.5 Å². The molecule has 2 nitrogen and oxygen atoms in total. The van der Waals surface area contributed by atoms with Crippen LogP contribution in [0.2, 0.25) is 0 Å². The third kappa shape index (κ3) is 6.12. The van der Waals surface area contributed by atoms with Crippen molar-refractivity contribution in [1.82, 2.24) is 10.2 Å². The Balaban J connectivity index is 2.33. The molecule has 1 aliphatic rings. The first-order valence-corrected chi connectivity index (χ1v) is 8.48. The molecule has 0 aromatic heterocycles. The maximum atomic E-state index is 3.69. The van der Waals surface area contributed by atoms with Crippen LogP contribution in [0.25, 0.3) is 0 Å². The normalized spacial score (nSPS) is 24.5. The number of hydrogen-bond acceptors (Lipinski definition) is 3. The standard InChI is InChI=1S/C14H30N2S/c1-4-7-14-12-16(10-6-9-15-14)13(3)8-11-17-5-2/h13-15H,4-12H2,1-3H3. The van der Waals surface area contributed by atoms with E-state index in [0.717, 1.165) is 12.1 Å². The number of nitrogens with zero attached hydrogens (tertiary/aromatic N) is 1. The zero-order valence-electron chi connectivity index (χ0n) is 11.9. The number of hydrogen-bond donors (Lipinski definition) is 1. The molecule has 1 saturated heterocycles. The summed E-state index contributed by atoms with van der Waals surface area (Å²) in [5.74, 6) is 2.58. The van der Waals surface area contributed by atoms with E-state index >= 15 is 0 Å². The second-order valence-electron chi connectivity index (χ2n) is 5.12. The van der Waals surface area contributed by atoms with Crippen molar-refractivity contribution in [3.63, 3.8) is 0 Å². The van der Waals surface area contributed by atoms with Gasteiger partial charge in [-0.05, 0) is 50.8 Å². The van der Waals surface area contributed by atoms with E-state index in [1.54, 1.807) is 0 Å². The first-order chi connectivity index (χ1) is 8.27. The monoisotopic (exact) mass is 258 g/mol. The van der Waals surface area contributed by atoms with Crippen LogP contribution in [0.3, 0.4) is 0 Å². The molecule has 17 heavy (non-hydrogen) atoms. The lowest BCUT2D eigenvalue weighted by Gasteiger charge is -2.30. The van der Waals surface area contributed by atoms with E-state index in [2.05, 4.69) is 42.7 Å². The first kappa shape index (κ1) is 15.3. The predicted octanol–water partition coefficient (Wildman–Crippen LogP) is 2.98. The highest BCUT2D eigenvalue weighted by atomic mass is 32.2. The zero-order chi connectivity index (χ0) is 12.5. The number of nitrogens with one attached hydrogen (secondary N) is 1. The van der Waals surface area contributed by atoms with Crippen molar-refractivity contribution < 1.29 is 0 Å². The topological polar surface area (TPSA) is 15.3 Å². The van der Waals surface area contributed by atoms with Gasteiger partial charge >= 0.3 is 0 Å². The summed E-state index contributed by atoms with van der Waals surface area (Å²) in [4.78, 5) is 2.70. The average Bonchev–Trinajstić information content (AvgIpc) is 2.55. The fraction of sp³-hybridized carbons (Fsp3) is 1.00. The van der Waals surface area contributed by atoms with Gasteiger partial charge in [0.15, 0.2) is 0 Å². The molecule has 3 heteroatoms. The summed E-state index contributed by atoms with van der Waals surface area (Å²) in [6.45, 7) is 10.7. The molecule has 0 amide bonds. The van der Waals surface area contributed by atoms with Crippen LogP contribution in [0.1, 0.15) is 46.5 Å². The molecular weight excluding hydrogens is 228 g/mol. The Kier molecular flexibility index (Phi) is 8.33. The van der Waals surface area contributed by atoms with Crippen LogP contribution in [0.4, 0.5) is 0 Å². The molecule has 102 valence electrons. The molecule has 2 unspecified atom stereocenters. The van der Waals surface area contributed by atoms with Crippen molar-refractivity contribution in [3.8, 4) is 0 Å². The second-order valence-corrected chi connectivity index (χ2v) is 6.52. The molecule has 0 bridgehead atoms. The van der Waals surface area contributed by atoms with Crippen molar-refractivity contribution in [1.29, 1.82) is 0 Å². The smallest absolute Gasteiger partial charge is 0.0195 e. The van der Waals surface area contributed by atoms with Crippen LogP contribution in [-0.2, 0) is 0 Å². The maximum Gasteiger partial charge on any atom is 0.0195 e. The van der Waals surface area contributed by atoms with Gasteiger partial charge in [-0.1, -0.05) is 20.3 Å². The minimum absolute atomic E-state index is 0.726. The van der Waals surface area contributed by atoms with Gasteiger partial charge < -0.3 is 5.32 Å². The molecule has 0 saturated carbocycles. The summed E-state index contributed by atoms with van der Waals surface area (Å²) in [6.07, 6.45) is 5.28. The van der Waals surface area contributed by atoms with Gasteiger partial charge in [0.2, 0.25) is 0 Å². The van der Waals surface area contributed by atoms with Gasteiger partial charge in [-0.2, -0.15) is 11.8 Å². The van der Waals surface area contributed by atoms with E-state index < -0.39 is 0 Å². The van der Waals surface area contributed by atoms with Gasteiger partial charge in [0.1, 0.15) is 0 Å². The fourth-order valence-electron chi connectivity index (χ4n) is 2.55. The van der Waals surface area contributed by atoms with Crippen molar-refractivity contribution in [2.75, 3.05) is 31.1 Å². The SMILES string of the molecule is CCCC1CN(C(C)CCSCC)CCCN1. The Labute approximate surface area is 112 Å². The summed E-state index contributed by atoms with van der Waals surface area (Å²) >= 11 is 2.07. The Hall–Kier alpha value is 0.270. The first-order valence-electron chi connectivity index (χ1n) is 7.33. The van der Waals surface area contributed by atoms with Crippen LogP contribution < -0.4 is 5.32 Å². The Morgan fingerprint density at radius 1 is 1.41 bits per heavy atom. The molecule has 1 N–H and O–H groups in total. The highest BCUT2D eigenvalue weighted by Crippen LogP contribution is 2.13. The summed E-state index contributed by atoms with van der Waals surface area (Å²) < 4.78 is 0. The van der Waals surface area contributed by atoms with Crippen LogP contribution in [0.15, 0.2) is 0 Å². The second kappa shape index (κ2) is 9.23. The Morgan fingerprint density at radius 3 is 2.94 bits per heavy atom. The summed E-state index contributed by atoms with van der Waals surface area (Å²) in [5, 5.41) is 3.69. The molecule has 1 aliphatic heterocycles. The van der Waals surface area contributed by atoms with Crippen LogP contribution >= 0.6 is 11.8 Å². The maximum absolute atomic E-state index is 3.69. The van der Waals surface area contributed by atoms with E-state index in [-0.39, 0.29) is 0 Å². The van der Waals surface area contributed by atoms with E-state index in [1.807, 2.05) is 0 Å². The molecule has 0 aromatic rings. The largest absolute Gasteiger partial charge is 0.313 e. The van der Waals surface area contributed by atoms with Crippen molar-refractivity contribution in [3.05, 3.63) is 0 Å². The summed E-state index contributed by atoms with van der Waals surface area (Å²) in [7, 11) is 0. The third-order valence-corrected chi connectivity index (χ3v) is 4.59. The van der Waals surface area contributed by atoms with Gasteiger partial charge in [0, 0.05) is 18.6 Å². The summed E-state index contributed by atoms with van der Waals surface area (Å²) in [6, 6.07) is 1.48. The molecule has 0 spiro atoms. The molecule has 1 rings (SSSR count). The van der Waals surface area contributed by atoms with E-state index in [4.69, 9.17) is 0 Å². The highest BCUT2D eigenvalue weighted by molar-refractivity contribution is 7.99. The molecule has 0 radical (unpaired) electrons.